The first-order valence-corrected chi connectivity index (χ1v) is 32.1. The molecular formula is C72H60P4Pd+4. The van der Waals surface area contributed by atoms with Crippen molar-refractivity contribution in [1.29, 1.82) is 0 Å². The average Bonchev–Trinajstić information content (AvgIpc) is 3.52. The van der Waals surface area contributed by atoms with E-state index in [4.69, 9.17) is 0 Å². The molecular weight excluding hydrogens is 1100 g/mol. The monoisotopic (exact) mass is 1150 g/mol. The van der Waals surface area contributed by atoms with Gasteiger partial charge in [-0.25, -0.2) is 0 Å². The van der Waals surface area contributed by atoms with Gasteiger partial charge in [-0.1, -0.05) is 218 Å². The first kappa shape index (κ1) is 53.4. The molecule has 5 heteroatoms. The van der Waals surface area contributed by atoms with E-state index in [0.717, 1.165) is 0 Å². The minimum atomic E-state index is -1.21. The predicted octanol–water partition coefficient (Wildman–Crippen LogP) is 12.7. The van der Waals surface area contributed by atoms with Crippen LogP contribution in [0.5, 0.6) is 0 Å². The summed E-state index contributed by atoms with van der Waals surface area (Å²) in [7, 11) is -4.85. The van der Waals surface area contributed by atoms with Crippen LogP contribution in [0.25, 0.3) is 22.3 Å². The smallest absolute Gasteiger partial charge is 0.0620 e. The minimum Gasteiger partial charge on any atom is -0.0620 e. The summed E-state index contributed by atoms with van der Waals surface area (Å²) in [5.41, 5.74) is 5.39. The van der Waals surface area contributed by atoms with Gasteiger partial charge in [0.25, 0.3) is 0 Å². The molecule has 12 aromatic rings. The summed E-state index contributed by atoms with van der Waals surface area (Å²) in [4.78, 5) is 0. The van der Waals surface area contributed by atoms with E-state index in [1.165, 1.54) is 85.9 Å². The maximum Gasteiger partial charge on any atom is 0.110 e. The van der Waals surface area contributed by atoms with Gasteiger partial charge in [0.15, 0.2) is 0 Å². The molecule has 0 atom stereocenters. The number of hydrogen-bond donors (Lipinski definition) is 0. The third-order valence-corrected chi connectivity index (χ3v) is 25.0. The van der Waals surface area contributed by atoms with E-state index >= 15 is 0 Å². The van der Waals surface area contributed by atoms with Crippen LogP contribution in [0.1, 0.15) is 0 Å². The van der Waals surface area contributed by atoms with Crippen molar-refractivity contribution in [3.8, 4) is 22.3 Å². The first-order chi connectivity index (χ1) is 37.8. The van der Waals surface area contributed by atoms with Crippen LogP contribution >= 0.6 is 31.7 Å². The zero-order chi connectivity index (χ0) is 51.1. The van der Waals surface area contributed by atoms with Crippen molar-refractivity contribution in [2.24, 2.45) is 0 Å². The molecule has 0 radical (unpaired) electrons. The van der Waals surface area contributed by atoms with Gasteiger partial charge < -0.3 is 0 Å². The van der Waals surface area contributed by atoms with Gasteiger partial charge in [-0.05, 0) is 121 Å². The van der Waals surface area contributed by atoms with Crippen molar-refractivity contribution < 1.29 is 20.4 Å². The Hall–Kier alpha value is -6.98. The average molecular weight is 1160 g/mol. The van der Waals surface area contributed by atoms with Crippen LogP contribution in [-0.4, -0.2) is 0 Å². The Bertz CT molecular complexity index is 3040. The molecule has 0 N–H and O–H groups in total. The standard InChI is InChI=1S/2C36H28P2.Pd/c2*1-5-17-29(18-6-1)37(30-19-7-2-8-20-30)35-27-15-13-25-33(35)34-26-14-16-28-36(34)38(31-21-9-3-10-22-31)32-23-11-4-12-24-32;/h2*1-28H;/p+4. The molecule has 0 bridgehead atoms. The SMILES string of the molecule is [Pd].c1ccc([PH+](c2ccccc2)c2ccccc2-c2ccccc2[PH+](c2ccccc2)c2ccccc2)cc1.c1ccc([PH+](c2ccccc2)c2ccccc2-c2ccccc2[PH+](c2ccccc2)c2ccccc2)cc1. The minimum absolute atomic E-state index is 0. The molecule has 0 saturated heterocycles. The van der Waals surface area contributed by atoms with Crippen LogP contribution in [-0.2, 0) is 20.4 Å². The topological polar surface area (TPSA) is 0 Å². The fraction of sp³-hybridized carbons (Fsp3) is 0. The van der Waals surface area contributed by atoms with Crippen LogP contribution in [0.4, 0.5) is 0 Å². The van der Waals surface area contributed by atoms with Crippen LogP contribution in [0, 0.1) is 0 Å². The summed E-state index contributed by atoms with van der Waals surface area (Å²) in [6.07, 6.45) is 0. The largest absolute Gasteiger partial charge is 0.110 e. The fourth-order valence-corrected chi connectivity index (χ4v) is 21.5. The Morgan fingerprint density at radius 2 is 0.247 bits per heavy atom. The van der Waals surface area contributed by atoms with Gasteiger partial charge in [0, 0.05) is 42.7 Å². The zero-order valence-electron chi connectivity index (χ0n) is 42.6. The van der Waals surface area contributed by atoms with Gasteiger partial charge in [-0.15, -0.1) is 0 Å². The van der Waals surface area contributed by atoms with E-state index in [1.807, 2.05) is 0 Å². The molecule has 12 aromatic carbocycles. The molecule has 0 fully saturated rings. The molecule has 0 aromatic heterocycles. The van der Waals surface area contributed by atoms with Crippen LogP contribution in [0.3, 0.4) is 0 Å². The second-order valence-electron chi connectivity index (χ2n) is 18.6. The van der Waals surface area contributed by atoms with Gasteiger partial charge >= 0.3 is 0 Å². The van der Waals surface area contributed by atoms with Gasteiger partial charge in [-0.2, -0.15) is 0 Å². The molecule has 0 nitrogen and oxygen atoms in total. The van der Waals surface area contributed by atoms with E-state index in [0.29, 0.717) is 0 Å². The molecule has 0 unspecified atom stereocenters. The predicted molar refractivity (Wildman–Crippen MR) is 344 cm³/mol. The fourth-order valence-electron chi connectivity index (χ4n) is 10.5. The summed E-state index contributed by atoms with van der Waals surface area (Å²) < 4.78 is 0. The molecule has 0 aliphatic carbocycles. The van der Waals surface area contributed by atoms with E-state index < -0.39 is 31.7 Å². The number of benzene rings is 12. The third kappa shape index (κ3) is 12.6. The Morgan fingerprint density at radius 1 is 0.130 bits per heavy atom. The Labute approximate surface area is 474 Å². The third-order valence-electron chi connectivity index (χ3n) is 13.9. The van der Waals surface area contributed by atoms with Crippen molar-refractivity contribution in [3.05, 3.63) is 340 Å². The van der Waals surface area contributed by atoms with Gasteiger partial charge in [-0.3, -0.25) is 0 Å². The van der Waals surface area contributed by atoms with Gasteiger partial charge in [0.2, 0.25) is 0 Å². The molecule has 0 saturated carbocycles. The summed E-state index contributed by atoms with van der Waals surface area (Å²) in [6.45, 7) is 0. The second-order valence-corrected chi connectivity index (χ2v) is 28.4. The molecule has 0 aliphatic heterocycles. The Morgan fingerprint density at radius 3 is 0.390 bits per heavy atom. The van der Waals surface area contributed by atoms with Crippen LogP contribution in [0.2, 0.25) is 0 Å². The normalized spacial score (nSPS) is 11.0. The summed E-state index contributed by atoms with van der Waals surface area (Å²) in [5, 5.41) is 17.0. The van der Waals surface area contributed by atoms with E-state index in [-0.39, 0.29) is 20.4 Å². The Kier molecular flexibility index (Phi) is 18.6. The first-order valence-electron chi connectivity index (χ1n) is 26.1. The maximum absolute atomic E-state index is 2.36. The Balaban J connectivity index is 0.000000172. The molecule has 0 heterocycles. The maximum atomic E-state index is 2.36. The van der Waals surface area contributed by atoms with E-state index in [2.05, 4.69) is 340 Å². The van der Waals surface area contributed by atoms with Crippen molar-refractivity contribution in [1.82, 2.24) is 0 Å². The van der Waals surface area contributed by atoms with E-state index in [1.54, 1.807) is 0 Å². The molecule has 0 aliphatic rings. The zero-order valence-corrected chi connectivity index (χ0v) is 48.2. The quantitative estimate of drug-likeness (QED) is 0.0752. The van der Waals surface area contributed by atoms with Crippen molar-refractivity contribution in [3.63, 3.8) is 0 Å². The number of rotatable bonds is 14. The molecule has 0 amide bonds. The van der Waals surface area contributed by atoms with Crippen molar-refractivity contribution >= 4 is 95.3 Å². The van der Waals surface area contributed by atoms with Gasteiger partial charge in [0.05, 0.1) is 31.7 Å². The molecule has 374 valence electrons. The molecule has 12 rings (SSSR count). The van der Waals surface area contributed by atoms with Gasteiger partial charge in [0.1, 0.15) is 63.7 Å². The molecule has 77 heavy (non-hydrogen) atoms. The van der Waals surface area contributed by atoms with Crippen LogP contribution < -0.4 is 63.7 Å². The second kappa shape index (κ2) is 26.9. The van der Waals surface area contributed by atoms with Crippen molar-refractivity contribution in [2.45, 2.75) is 0 Å². The van der Waals surface area contributed by atoms with Crippen LogP contribution in [0.15, 0.2) is 340 Å². The molecule has 0 spiro atoms. The summed E-state index contributed by atoms with van der Waals surface area (Å²) in [6, 6.07) is 125. The van der Waals surface area contributed by atoms with E-state index in [9.17, 15) is 0 Å². The van der Waals surface area contributed by atoms with Crippen molar-refractivity contribution in [2.75, 3.05) is 0 Å². The summed E-state index contributed by atoms with van der Waals surface area (Å²) in [5.74, 6) is 0. The summed E-state index contributed by atoms with van der Waals surface area (Å²) >= 11 is 0. The number of hydrogen-bond acceptors (Lipinski definition) is 0.